The minimum Gasteiger partial charge on any atom is -0.394 e. The molecule has 0 radical (unpaired) electrons. The Morgan fingerprint density at radius 2 is 1.84 bits per heavy atom. The summed E-state index contributed by atoms with van der Waals surface area (Å²) in [4.78, 5) is 0. The van der Waals surface area contributed by atoms with E-state index in [1.54, 1.807) is 0 Å². The van der Waals surface area contributed by atoms with Gasteiger partial charge in [-0.05, 0) is 25.8 Å². The van der Waals surface area contributed by atoms with Gasteiger partial charge in [0, 0.05) is 6.61 Å². The summed E-state index contributed by atoms with van der Waals surface area (Å²) >= 11 is 0. The van der Waals surface area contributed by atoms with Crippen LogP contribution in [-0.2, 0) is 20.8 Å². The molecule has 0 amide bonds. The SMILES string of the molecule is CC1(C)O[C@H](CO)[C@@H](CCOCc2ccccc2)O1. The zero-order chi connectivity index (χ0) is 13.7. The van der Waals surface area contributed by atoms with Crippen molar-refractivity contribution in [1.82, 2.24) is 0 Å². The number of aliphatic hydroxyl groups excluding tert-OH is 1. The Kier molecular flexibility index (Phi) is 4.93. The van der Waals surface area contributed by atoms with Crippen molar-refractivity contribution in [2.45, 2.75) is 44.9 Å². The molecule has 1 N–H and O–H groups in total. The minimum absolute atomic E-state index is 0.0210. The van der Waals surface area contributed by atoms with Crippen molar-refractivity contribution >= 4 is 0 Å². The zero-order valence-electron chi connectivity index (χ0n) is 11.5. The Labute approximate surface area is 114 Å². The van der Waals surface area contributed by atoms with E-state index in [9.17, 15) is 5.11 Å². The number of benzene rings is 1. The van der Waals surface area contributed by atoms with E-state index in [-0.39, 0.29) is 18.8 Å². The van der Waals surface area contributed by atoms with Crippen molar-refractivity contribution in [2.24, 2.45) is 0 Å². The number of hydrogen-bond acceptors (Lipinski definition) is 4. The topological polar surface area (TPSA) is 47.9 Å². The molecule has 19 heavy (non-hydrogen) atoms. The van der Waals surface area contributed by atoms with Gasteiger partial charge in [0.2, 0.25) is 0 Å². The van der Waals surface area contributed by atoms with Crippen molar-refractivity contribution in [1.29, 1.82) is 0 Å². The lowest BCUT2D eigenvalue weighted by Gasteiger charge is -2.16. The van der Waals surface area contributed by atoms with E-state index in [2.05, 4.69) is 0 Å². The normalized spacial score (nSPS) is 25.6. The van der Waals surface area contributed by atoms with Crippen LogP contribution in [0.4, 0.5) is 0 Å². The van der Waals surface area contributed by atoms with E-state index in [4.69, 9.17) is 14.2 Å². The third-order valence-corrected chi connectivity index (χ3v) is 3.12. The van der Waals surface area contributed by atoms with Crippen LogP contribution in [0.5, 0.6) is 0 Å². The van der Waals surface area contributed by atoms with Crippen LogP contribution < -0.4 is 0 Å². The highest BCUT2D eigenvalue weighted by Crippen LogP contribution is 2.29. The summed E-state index contributed by atoms with van der Waals surface area (Å²) < 4.78 is 17.0. The zero-order valence-corrected chi connectivity index (χ0v) is 11.5. The quantitative estimate of drug-likeness (QED) is 0.801. The largest absolute Gasteiger partial charge is 0.394 e. The van der Waals surface area contributed by atoms with E-state index in [0.717, 1.165) is 12.0 Å². The Bertz CT molecular complexity index is 377. The second kappa shape index (κ2) is 6.48. The van der Waals surface area contributed by atoms with Gasteiger partial charge >= 0.3 is 0 Å². The molecule has 1 fully saturated rings. The third-order valence-electron chi connectivity index (χ3n) is 3.12. The predicted octanol–water partition coefficient (Wildman–Crippen LogP) is 2.11. The molecular formula is C15H22O4. The molecule has 1 aliphatic heterocycles. The molecule has 0 unspecified atom stereocenters. The monoisotopic (exact) mass is 266 g/mol. The fourth-order valence-corrected chi connectivity index (χ4v) is 2.27. The molecule has 0 bridgehead atoms. The van der Waals surface area contributed by atoms with Crippen molar-refractivity contribution in [3.63, 3.8) is 0 Å². The van der Waals surface area contributed by atoms with Crippen LogP contribution in [0, 0.1) is 0 Å². The summed E-state index contributed by atoms with van der Waals surface area (Å²) in [6.07, 6.45) is 0.368. The van der Waals surface area contributed by atoms with E-state index < -0.39 is 5.79 Å². The molecule has 2 rings (SSSR count). The molecule has 1 heterocycles. The molecule has 0 aromatic heterocycles. The standard InChI is InChI=1S/C15H22O4/c1-15(2)18-13(14(10-16)19-15)8-9-17-11-12-6-4-3-5-7-12/h3-7,13-14,16H,8-11H2,1-2H3/t13-,14-/m1/s1. The molecule has 106 valence electrons. The lowest BCUT2D eigenvalue weighted by molar-refractivity contribution is -0.150. The van der Waals surface area contributed by atoms with Crippen LogP contribution in [0.3, 0.4) is 0 Å². The molecular weight excluding hydrogens is 244 g/mol. The number of ether oxygens (including phenoxy) is 3. The average Bonchev–Trinajstić information content (AvgIpc) is 2.70. The average molecular weight is 266 g/mol. The van der Waals surface area contributed by atoms with Crippen molar-refractivity contribution in [3.05, 3.63) is 35.9 Å². The van der Waals surface area contributed by atoms with Crippen LogP contribution in [0.15, 0.2) is 30.3 Å². The number of rotatable bonds is 6. The molecule has 4 heteroatoms. The van der Waals surface area contributed by atoms with E-state index in [1.165, 1.54) is 0 Å². The Balaban J connectivity index is 1.71. The first kappa shape index (κ1) is 14.5. The van der Waals surface area contributed by atoms with Gasteiger partial charge in [0.1, 0.15) is 6.10 Å². The van der Waals surface area contributed by atoms with Gasteiger partial charge in [-0.25, -0.2) is 0 Å². The summed E-state index contributed by atoms with van der Waals surface area (Å²) in [5, 5.41) is 9.26. The first-order chi connectivity index (χ1) is 9.11. The summed E-state index contributed by atoms with van der Waals surface area (Å²) in [6, 6.07) is 10.1. The van der Waals surface area contributed by atoms with E-state index in [1.807, 2.05) is 44.2 Å². The smallest absolute Gasteiger partial charge is 0.163 e. The van der Waals surface area contributed by atoms with Gasteiger partial charge in [0.05, 0.1) is 19.3 Å². The Morgan fingerprint density at radius 1 is 1.16 bits per heavy atom. The van der Waals surface area contributed by atoms with Gasteiger partial charge in [0.15, 0.2) is 5.79 Å². The van der Waals surface area contributed by atoms with Crippen LogP contribution >= 0.6 is 0 Å². The summed E-state index contributed by atoms with van der Waals surface area (Å²) in [5.41, 5.74) is 1.16. The van der Waals surface area contributed by atoms with Crippen LogP contribution in [-0.4, -0.2) is 36.3 Å². The lowest BCUT2D eigenvalue weighted by Crippen LogP contribution is -2.27. The highest BCUT2D eigenvalue weighted by atomic mass is 16.8. The first-order valence-corrected chi connectivity index (χ1v) is 6.69. The highest BCUT2D eigenvalue weighted by Gasteiger charge is 2.40. The fraction of sp³-hybridized carbons (Fsp3) is 0.600. The second-order valence-corrected chi connectivity index (χ2v) is 5.22. The number of aliphatic hydroxyl groups is 1. The van der Waals surface area contributed by atoms with E-state index in [0.29, 0.717) is 13.2 Å². The molecule has 0 aliphatic carbocycles. The van der Waals surface area contributed by atoms with Crippen molar-refractivity contribution in [3.8, 4) is 0 Å². The van der Waals surface area contributed by atoms with Gasteiger partial charge in [-0.15, -0.1) is 0 Å². The molecule has 1 saturated heterocycles. The third kappa shape index (κ3) is 4.28. The summed E-state index contributed by atoms with van der Waals surface area (Å²) in [5.74, 6) is -0.614. The van der Waals surface area contributed by atoms with Crippen molar-refractivity contribution < 1.29 is 19.3 Å². The van der Waals surface area contributed by atoms with Gasteiger partial charge in [-0.1, -0.05) is 30.3 Å². The van der Waals surface area contributed by atoms with Gasteiger partial charge < -0.3 is 19.3 Å². The highest BCUT2D eigenvalue weighted by molar-refractivity contribution is 5.13. The molecule has 0 spiro atoms. The maximum Gasteiger partial charge on any atom is 0.163 e. The molecule has 2 atom stereocenters. The second-order valence-electron chi connectivity index (χ2n) is 5.22. The van der Waals surface area contributed by atoms with Crippen LogP contribution in [0.25, 0.3) is 0 Å². The molecule has 1 aliphatic rings. The van der Waals surface area contributed by atoms with Gasteiger partial charge in [-0.2, -0.15) is 0 Å². The molecule has 1 aromatic carbocycles. The van der Waals surface area contributed by atoms with Gasteiger partial charge in [0.25, 0.3) is 0 Å². The lowest BCUT2D eigenvalue weighted by atomic mass is 10.1. The van der Waals surface area contributed by atoms with Gasteiger partial charge in [-0.3, -0.25) is 0 Å². The Morgan fingerprint density at radius 3 is 2.53 bits per heavy atom. The Hall–Kier alpha value is -0.940. The molecule has 4 nitrogen and oxygen atoms in total. The molecule has 1 aromatic rings. The maximum absolute atomic E-state index is 9.26. The maximum atomic E-state index is 9.26. The summed E-state index contributed by atoms with van der Waals surface area (Å²) in [7, 11) is 0. The van der Waals surface area contributed by atoms with Crippen molar-refractivity contribution in [2.75, 3.05) is 13.2 Å². The van der Waals surface area contributed by atoms with Crippen LogP contribution in [0.1, 0.15) is 25.8 Å². The first-order valence-electron chi connectivity index (χ1n) is 6.69. The van der Waals surface area contributed by atoms with Crippen LogP contribution in [0.2, 0.25) is 0 Å². The minimum atomic E-state index is -0.614. The summed E-state index contributed by atoms with van der Waals surface area (Å²) in [6.45, 7) is 4.89. The van der Waals surface area contributed by atoms with E-state index >= 15 is 0 Å². The molecule has 0 saturated carbocycles. The fourth-order valence-electron chi connectivity index (χ4n) is 2.27. The predicted molar refractivity (Wildman–Crippen MR) is 71.6 cm³/mol. The number of hydrogen-bond donors (Lipinski definition) is 1.